The van der Waals surface area contributed by atoms with E-state index in [2.05, 4.69) is 10.3 Å². The number of aromatic nitrogens is 2. The van der Waals surface area contributed by atoms with Gasteiger partial charge in [0, 0.05) is 31.2 Å². The summed E-state index contributed by atoms with van der Waals surface area (Å²) in [7, 11) is -3.51. The Balaban J connectivity index is 2.07. The molecule has 1 fully saturated rings. The molecule has 0 atom stereocenters. The predicted molar refractivity (Wildman–Crippen MR) is 84.5 cm³/mol. The number of fused-ring (bicyclic) bond motifs is 1. The first kappa shape index (κ1) is 14.8. The summed E-state index contributed by atoms with van der Waals surface area (Å²) in [5, 5.41) is 5.22. The van der Waals surface area contributed by atoms with Crippen molar-refractivity contribution in [1.29, 1.82) is 0 Å². The minimum Gasteiger partial charge on any atom is -0.368 e. The topological polar surface area (TPSA) is 66.7 Å². The van der Waals surface area contributed by atoms with Gasteiger partial charge in [-0.2, -0.15) is 4.31 Å². The Morgan fingerprint density at radius 2 is 2.00 bits per heavy atom. The summed E-state index contributed by atoms with van der Waals surface area (Å²) in [6.45, 7) is 3.79. The van der Waals surface area contributed by atoms with E-state index < -0.39 is 10.0 Å². The van der Waals surface area contributed by atoms with Gasteiger partial charge in [0.25, 0.3) is 10.0 Å². The number of rotatable bonds is 4. The molecule has 0 bridgehead atoms. The van der Waals surface area contributed by atoms with Crippen LogP contribution < -0.4 is 5.32 Å². The maximum atomic E-state index is 13.0. The summed E-state index contributed by atoms with van der Waals surface area (Å²) in [5.41, 5.74) is 0. The highest BCUT2D eigenvalue weighted by Crippen LogP contribution is 2.29. The van der Waals surface area contributed by atoms with Crippen LogP contribution in [0.4, 0.5) is 5.82 Å². The average Bonchev–Trinajstić information content (AvgIpc) is 2.88. The molecule has 21 heavy (non-hydrogen) atoms. The van der Waals surface area contributed by atoms with Crippen molar-refractivity contribution in [3.63, 3.8) is 0 Å². The molecule has 0 amide bonds. The maximum Gasteiger partial charge on any atom is 0.262 e. The summed E-state index contributed by atoms with van der Waals surface area (Å²) >= 11 is 1.44. The third-order valence-electron chi connectivity index (χ3n) is 3.71. The molecular formula is C13H20N4O2S2. The fraction of sp³-hybridized carbons (Fsp3) is 0.615. The minimum atomic E-state index is -3.51. The Hall–Kier alpha value is -1.12. The molecule has 2 aromatic rings. The van der Waals surface area contributed by atoms with Crippen LogP contribution >= 0.6 is 11.3 Å². The van der Waals surface area contributed by atoms with E-state index in [1.165, 1.54) is 11.3 Å². The summed E-state index contributed by atoms with van der Waals surface area (Å²) in [5.74, 6) is 0.466. The number of nitrogens with one attached hydrogen (secondary N) is 1. The van der Waals surface area contributed by atoms with Crippen LogP contribution in [0.15, 0.2) is 16.6 Å². The van der Waals surface area contributed by atoms with Gasteiger partial charge in [0.2, 0.25) is 0 Å². The van der Waals surface area contributed by atoms with E-state index in [-0.39, 0.29) is 5.03 Å². The number of anilines is 1. The average molecular weight is 328 g/mol. The lowest BCUT2D eigenvalue weighted by Gasteiger charge is -2.20. The van der Waals surface area contributed by atoms with E-state index in [0.717, 1.165) is 25.7 Å². The molecule has 1 aliphatic rings. The SMILES string of the molecule is CCNc1nc2sccn2c1S(=O)(=O)N1CCCCCC1. The van der Waals surface area contributed by atoms with Crippen LogP contribution in [0.3, 0.4) is 0 Å². The van der Waals surface area contributed by atoms with Gasteiger partial charge in [-0.15, -0.1) is 11.3 Å². The van der Waals surface area contributed by atoms with Crippen molar-refractivity contribution >= 4 is 32.1 Å². The van der Waals surface area contributed by atoms with Crippen LogP contribution in [0.25, 0.3) is 4.96 Å². The van der Waals surface area contributed by atoms with Gasteiger partial charge in [-0.1, -0.05) is 12.8 Å². The standard InChI is InChI=1S/C13H20N4O2S2/c1-2-14-11-12(17-9-10-20-13(17)15-11)21(18,19)16-7-5-3-4-6-8-16/h9-10,14H,2-8H2,1H3. The summed E-state index contributed by atoms with van der Waals surface area (Å²) in [6.07, 6.45) is 5.85. The van der Waals surface area contributed by atoms with Crippen LogP contribution in [0.5, 0.6) is 0 Å². The number of hydrogen-bond donors (Lipinski definition) is 1. The molecule has 1 aliphatic heterocycles. The first-order valence-corrected chi connectivity index (χ1v) is 9.66. The van der Waals surface area contributed by atoms with E-state index in [4.69, 9.17) is 0 Å². The summed E-state index contributed by atoms with van der Waals surface area (Å²) in [4.78, 5) is 5.12. The van der Waals surface area contributed by atoms with Crippen molar-refractivity contribution in [1.82, 2.24) is 13.7 Å². The number of hydrogen-bond acceptors (Lipinski definition) is 5. The first-order chi connectivity index (χ1) is 10.1. The number of thiazole rings is 1. The molecule has 0 aromatic carbocycles. The molecule has 0 saturated carbocycles. The highest BCUT2D eigenvalue weighted by Gasteiger charge is 2.32. The second kappa shape index (κ2) is 5.94. The predicted octanol–water partition coefficient (Wildman–Crippen LogP) is 2.39. The molecule has 1 N–H and O–H groups in total. The molecule has 8 heteroatoms. The zero-order chi connectivity index (χ0) is 14.9. The van der Waals surface area contributed by atoms with Gasteiger partial charge in [0.1, 0.15) is 0 Å². The van der Waals surface area contributed by atoms with Crippen molar-refractivity contribution in [2.24, 2.45) is 0 Å². The number of imidazole rings is 1. The minimum absolute atomic E-state index is 0.280. The molecule has 0 radical (unpaired) electrons. The van der Waals surface area contributed by atoms with Gasteiger partial charge in [0.05, 0.1) is 0 Å². The molecule has 3 heterocycles. The Morgan fingerprint density at radius 1 is 1.29 bits per heavy atom. The Kier molecular flexibility index (Phi) is 4.19. The van der Waals surface area contributed by atoms with E-state index in [1.54, 1.807) is 14.9 Å². The van der Waals surface area contributed by atoms with Crippen LogP contribution in [0.2, 0.25) is 0 Å². The lowest BCUT2D eigenvalue weighted by Crippen LogP contribution is -2.33. The van der Waals surface area contributed by atoms with E-state index >= 15 is 0 Å². The molecule has 116 valence electrons. The van der Waals surface area contributed by atoms with Gasteiger partial charge in [-0.05, 0) is 19.8 Å². The van der Waals surface area contributed by atoms with Crippen molar-refractivity contribution in [2.45, 2.75) is 37.6 Å². The molecule has 6 nitrogen and oxygen atoms in total. The highest BCUT2D eigenvalue weighted by molar-refractivity contribution is 7.89. The van der Waals surface area contributed by atoms with Crippen molar-refractivity contribution in [3.05, 3.63) is 11.6 Å². The Bertz CT molecular complexity index is 712. The second-order valence-electron chi connectivity index (χ2n) is 5.17. The molecule has 0 spiro atoms. The van der Waals surface area contributed by atoms with Gasteiger partial charge in [0.15, 0.2) is 15.8 Å². The van der Waals surface area contributed by atoms with E-state index in [0.29, 0.717) is 30.4 Å². The van der Waals surface area contributed by atoms with Crippen molar-refractivity contribution < 1.29 is 8.42 Å². The smallest absolute Gasteiger partial charge is 0.262 e. The lowest BCUT2D eigenvalue weighted by atomic mass is 10.2. The van der Waals surface area contributed by atoms with Gasteiger partial charge < -0.3 is 5.32 Å². The number of nitrogens with zero attached hydrogens (tertiary/aromatic N) is 3. The molecule has 0 aliphatic carbocycles. The van der Waals surface area contributed by atoms with Crippen molar-refractivity contribution in [3.8, 4) is 0 Å². The van der Waals surface area contributed by atoms with E-state index in [9.17, 15) is 8.42 Å². The fourth-order valence-electron chi connectivity index (χ4n) is 2.70. The Labute approximate surface area is 128 Å². The Morgan fingerprint density at radius 3 is 2.67 bits per heavy atom. The second-order valence-corrected chi connectivity index (χ2v) is 7.90. The van der Waals surface area contributed by atoms with Gasteiger partial charge in [-0.3, -0.25) is 4.40 Å². The van der Waals surface area contributed by atoms with E-state index in [1.807, 2.05) is 12.3 Å². The van der Waals surface area contributed by atoms with Crippen molar-refractivity contribution in [2.75, 3.05) is 25.0 Å². The normalized spacial score (nSPS) is 18.0. The van der Waals surface area contributed by atoms with Crippen LogP contribution in [-0.2, 0) is 10.0 Å². The van der Waals surface area contributed by atoms with Gasteiger partial charge >= 0.3 is 0 Å². The van der Waals surface area contributed by atoms with Crippen LogP contribution in [-0.4, -0.2) is 41.7 Å². The molecule has 0 unspecified atom stereocenters. The first-order valence-electron chi connectivity index (χ1n) is 7.34. The summed E-state index contributed by atoms with van der Waals surface area (Å²) < 4.78 is 29.4. The zero-order valence-electron chi connectivity index (χ0n) is 12.1. The zero-order valence-corrected chi connectivity index (χ0v) is 13.7. The van der Waals surface area contributed by atoms with Crippen LogP contribution in [0.1, 0.15) is 32.6 Å². The quantitative estimate of drug-likeness (QED) is 0.936. The van der Waals surface area contributed by atoms with Gasteiger partial charge in [-0.25, -0.2) is 13.4 Å². The van der Waals surface area contributed by atoms with Crippen LogP contribution in [0, 0.1) is 0 Å². The molecule has 1 saturated heterocycles. The third-order valence-corrected chi connectivity index (χ3v) is 6.39. The molecular weight excluding hydrogens is 308 g/mol. The number of sulfonamides is 1. The highest BCUT2D eigenvalue weighted by atomic mass is 32.2. The monoisotopic (exact) mass is 328 g/mol. The maximum absolute atomic E-state index is 13.0. The summed E-state index contributed by atoms with van der Waals surface area (Å²) in [6, 6.07) is 0. The molecule has 3 rings (SSSR count). The lowest BCUT2D eigenvalue weighted by molar-refractivity contribution is 0.421. The third kappa shape index (κ3) is 2.67. The fourth-order valence-corrected chi connectivity index (χ4v) is 5.21. The molecule has 2 aromatic heterocycles. The largest absolute Gasteiger partial charge is 0.368 e.